The Bertz CT molecular complexity index is 1680. The van der Waals surface area contributed by atoms with Crippen LogP contribution >= 0.6 is 0 Å². The zero-order valence-corrected chi connectivity index (χ0v) is 23.2. The van der Waals surface area contributed by atoms with Gasteiger partial charge in [0.25, 0.3) is 0 Å². The summed E-state index contributed by atoms with van der Waals surface area (Å²) in [4.78, 5) is 3.33. The SMILES string of the molecule is C=C/C=C(/c1ccccc1F)c1cc(-c2n[nH]c3ccc(C(/C=C(\C=C)NC(=C)CCC)=C/C)c(F)c23)[nH]c1C. The van der Waals surface area contributed by atoms with E-state index in [4.69, 9.17) is 0 Å². The van der Waals surface area contributed by atoms with Crippen LogP contribution in [0.5, 0.6) is 0 Å². The molecule has 0 aliphatic rings. The Balaban J connectivity index is 1.80. The number of aryl methyl sites for hydroxylation is 1. The number of rotatable bonds is 11. The summed E-state index contributed by atoms with van der Waals surface area (Å²) < 4.78 is 31.0. The van der Waals surface area contributed by atoms with Gasteiger partial charge in [-0.1, -0.05) is 69.5 Å². The number of benzene rings is 2. The van der Waals surface area contributed by atoms with Gasteiger partial charge < -0.3 is 10.3 Å². The van der Waals surface area contributed by atoms with E-state index in [1.807, 2.05) is 38.1 Å². The monoisotopic (exact) mass is 536 g/mol. The Hall–Kier alpha value is -4.71. The van der Waals surface area contributed by atoms with E-state index in [0.29, 0.717) is 44.6 Å². The lowest BCUT2D eigenvalue weighted by Gasteiger charge is -2.12. The number of fused-ring (bicyclic) bond motifs is 1. The Morgan fingerprint density at radius 1 is 1.07 bits per heavy atom. The van der Waals surface area contributed by atoms with Crippen LogP contribution in [0.1, 0.15) is 49.1 Å². The second kappa shape index (κ2) is 12.4. The lowest BCUT2D eigenvalue weighted by atomic mass is 9.96. The standard InChI is InChI=1S/C34H34F2N4/c1-7-13-21(5)37-24(10-4)19-23(9-3)25-17-18-30-32(33(25)36)34(40-39-30)31-20-28(22(6)38-31)26(14-8-2)27-15-11-12-16-29(27)35/h8-12,14-20,37-38H,2,4-5,7,13H2,1,3,6H3,(H,39,40)/b23-9+,24-19+,26-14-. The lowest BCUT2D eigenvalue weighted by molar-refractivity contribution is 0.624. The minimum absolute atomic E-state index is 0.336. The average Bonchev–Trinajstić information content (AvgIpc) is 3.55. The van der Waals surface area contributed by atoms with Gasteiger partial charge in [0.2, 0.25) is 0 Å². The molecule has 204 valence electrons. The first-order valence-electron chi connectivity index (χ1n) is 13.2. The minimum Gasteiger partial charge on any atom is -0.359 e. The highest BCUT2D eigenvalue weighted by Crippen LogP contribution is 2.36. The van der Waals surface area contributed by atoms with Crippen LogP contribution in [0, 0.1) is 18.6 Å². The van der Waals surface area contributed by atoms with Crippen molar-refractivity contribution in [3.8, 4) is 11.4 Å². The molecule has 0 aliphatic carbocycles. The van der Waals surface area contributed by atoms with Crippen LogP contribution in [0.25, 0.3) is 33.4 Å². The van der Waals surface area contributed by atoms with Crippen LogP contribution in [0.4, 0.5) is 8.78 Å². The van der Waals surface area contributed by atoms with Crippen molar-refractivity contribution in [2.75, 3.05) is 0 Å². The molecule has 0 atom stereocenters. The number of nitrogens with zero attached hydrogens (tertiary/aromatic N) is 1. The van der Waals surface area contributed by atoms with Crippen molar-refractivity contribution in [1.82, 2.24) is 20.5 Å². The molecule has 2 aromatic carbocycles. The molecule has 4 nitrogen and oxygen atoms in total. The van der Waals surface area contributed by atoms with Gasteiger partial charge in [-0.2, -0.15) is 5.10 Å². The van der Waals surface area contributed by atoms with Crippen molar-refractivity contribution < 1.29 is 8.78 Å². The van der Waals surface area contributed by atoms with E-state index in [9.17, 15) is 4.39 Å². The minimum atomic E-state index is -0.397. The van der Waals surface area contributed by atoms with Crippen molar-refractivity contribution in [3.05, 3.63) is 138 Å². The number of hydrogen-bond acceptors (Lipinski definition) is 2. The predicted octanol–water partition coefficient (Wildman–Crippen LogP) is 9.14. The highest BCUT2D eigenvalue weighted by atomic mass is 19.1. The Morgan fingerprint density at radius 2 is 1.85 bits per heavy atom. The molecule has 0 aliphatic heterocycles. The zero-order valence-electron chi connectivity index (χ0n) is 23.2. The first-order valence-corrected chi connectivity index (χ1v) is 13.2. The summed E-state index contributed by atoms with van der Waals surface area (Å²) in [6.07, 6.45) is 10.6. The van der Waals surface area contributed by atoms with Gasteiger partial charge in [-0.05, 0) is 67.8 Å². The third kappa shape index (κ3) is 5.66. The third-order valence-electron chi connectivity index (χ3n) is 6.70. The third-order valence-corrected chi connectivity index (χ3v) is 6.70. The molecule has 0 saturated carbocycles. The molecule has 0 radical (unpaired) electrons. The molecular weight excluding hydrogens is 502 g/mol. The average molecular weight is 537 g/mol. The summed E-state index contributed by atoms with van der Waals surface area (Å²) in [5.74, 6) is -0.733. The fourth-order valence-electron chi connectivity index (χ4n) is 4.78. The van der Waals surface area contributed by atoms with E-state index in [1.165, 1.54) is 6.07 Å². The first kappa shape index (κ1) is 28.3. The summed E-state index contributed by atoms with van der Waals surface area (Å²) in [5, 5.41) is 11.0. The molecule has 40 heavy (non-hydrogen) atoms. The van der Waals surface area contributed by atoms with Crippen LogP contribution in [-0.4, -0.2) is 15.2 Å². The second-order valence-electron chi connectivity index (χ2n) is 9.47. The van der Waals surface area contributed by atoms with E-state index >= 15 is 4.39 Å². The molecule has 2 aromatic heterocycles. The number of H-pyrrole nitrogens is 2. The number of aromatic nitrogens is 3. The number of halogens is 2. The van der Waals surface area contributed by atoms with E-state index in [1.54, 1.807) is 42.5 Å². The Labute approximate surface area is 234 Å². The van der Waals surface area contributed by atoms with Crippen molar-refractivity contribution >= 4 is 22.0 Å². The van der Waals surface area contributed by atoms with Gasteiger partial charge in [-0.3, -0.25) is 5.10 Å². The largest absolute Gasteiger partial charge is 0.359 e. The summed E-state index contributed by atoms with van der Waals surface area (Å²) in [6.45, 7) is 17.6. The highest BCUT2D eigenvalue weighted by molar-refractivity contribution is 5.96. The Kier molecular flexibility index (Phi) is 8.80. The fourth-order valence-corrected chi connectivity index (χ4v) is 4.78. The molecule has 6 heteroatoms. The predicted molar refractivity (Wildman–Crippen MR) is 163 cm³/mol. The topological polar surface area (TPSA) is 56.5 Å². The summed E-state index contributed by atoms with van der Waals surface area (Å²) in [5.41, 5.74) is 7.05. The maximum Gasteiger partial charge on any atom is 0.142 e. The molecule has 0 unspecified atom stereocenters. The molecule has 4 aromatic rings. The van der Waals surface area contributed by atoms with Gasteiger partial charge in [-0.15, -0.1) is 0 Å². The number of hydrogen-bond donors (Lipinski definition) is 3. The van der Waals surface area contributed by atoms with E-state index < -0.39 is 5.82 Å². The van der Waals surface area contributed by atoms with E-state index in [0.717, 1.165) is 35.5 Å². The lowest BCUT2D eigenvalue weighted by Crippen LogP contribution is -2.10. The molecule has 0 bridgehead atoms. The van der Waals surface area contributed by atoms with Gasteiger partial charge in [0, 0.05) is 33.8 Å². The summed E-state index contributed by atoms with van der Waals surface area (Å²) >= 11 is 0. The Morgan fingerprint density at radius 3 is 2.52 bits per heavy atom. The van der Waals surface area contributed by atoms with Gasteiger partial charge in [0.1, 0.15) is 17.3 Å². The maximum atomic E-state index is 16.2. The fraction of sp³-hybridized carbons (Fsp3) is 0.147. The molecule has 2 heterocycles. The normalized spacial score (nSPS) is 12.6. The number of aromatic amines is 2. The number of nitrogens with one attached hydrogen (secondary N) is 3. The quantitative estimate of drug-likeness (QED) is 0.167. The molecule has 0 spiro atoms. The molecule has 4 rings (SSSR count). The van der Waals surface area contributed by atoms with Gasteiger partial charge >= 0.3 is 0 Å². The van der Waals surface area contributed by atoms with Crippen molar-refractivity contribution in [2.45, 2.75) is 33.6 Å². The zero-order chi connectivity index (χ0) is 28.8. The van der Waals surface area contributed by atoms with Crippen LogP contribution in [0.15, 0.2) is 104 Å². The van der Waals surface area contributed by atoms with Crippen LogP contribution in [-0.2, 0) is 0 Å². The van der Waals surface area contributed by atoms with Crippen LogP contribution in [0.2, 0.25) is 0 Å². The summed E-state index contributed by atoms with van der Waals surface area (Å²) in [7, 11) is 0. The van der Waals surface area contributed by atoms with Gasteiger partial charge in [0.05, 0.1) is 16.6 Å². The van der Waals surface area contributed by atoms with Crippen molar-refractivity contribution in [1.29, 1.82) is 0 Å². The van der Waals surface area contributed by atoms with Crippen molar-refractivity contribution in [2.24, 2.45) is 0 Å². The van der Waals surface area contributed by atoms with Gasteiger partial charge in [-0.25, -0.2) is 8.78 Å². The molecule has 3 N–H and O–H groups in total. The van der Waals surface area contributed by atoms with Gasteiger partial charge in [0.15, 0.2) is 0 Å². The van der Waals surface area contributed by atoms with E-state index in [-0.39, 0.29) is 5.82 Å². The molecular formula is C34H34F2N4. The van der Waals surface area contributed by atoms with E-state index in [2.05, 4.69) is 47.2 Å². The van der Waals surface area contributed by atoms with Crippen molar-refractivity contribution in [3.63, 3.8) is 0 Å². The molecule has 0 saturated heterocycles. The summed E-state index contributed by atoms with van der Waals surface area (Å²) in [6, 6.07) is 12.0. The number of allylic oxidation sites excluding steroid dienone is 7. The van der Waals surface area contributed by atoms with Crippen LogP contribution < -0.4 is 5.32 Å². The second-order valence-corrected chi connectivity index (χ2v) is 9.47. The van der Waals surface area contributed by atoms with Crippen LogP contribution in [0.3, 0.4) is 0 Å². The first-order chi connectivity index (χ1) is 19.3. The smallest absolute Gasteiger partial charge is 0.142 e. The molecule has 0 fully saturated rings. The highest BCUT2D eigenvalue weighted by Gasteiger charge is 2.21. The molecule has 0 amide bonds. The maximum absolute atomic E-state index is 16.2.